The lowest BCUT2D eigenvalue weighted by Gasteiger charge is -2.29. The van der Waals surface area contributed by atoms with E-state index < -0.39 is 0 Å². The fourth-order valence-corrected chi connectivity index (χ4v) is 3.83. The van der Waals surface area contributed by atoms with Gasteiger partial charge in [0.1, 0.15) is 0 Å². The number of likely N-dealkylation sites (tertiary alicyclic amines) is 1. The molecule has 0 amide bonds. The van der Waals surface area contributed by atoms with Crippen LogP contribution in [0, 0.1) is 0 Å². The summed E-state index contributed by atoms with van der Waals surface area (Å²) in [5, 5.41) is 13.4. The molecule has 3 nitrogen and oxygen atoms in total. The Morgan fingerprint density at radius 1 is 1.10 bits per heavy atom. The molecule has 0 spiro atoms. The van der Waals surface area contributed by atoms with E-state index in [1.807, 2.05) is 0 Å². The highest BCUT2D eigenvalue weighted by Gasteiger charge is 2.31. The molecule has 1 aromatic rings. The average molecular weight is 288 g/mol. The molecular weight excluding hydrogens is 260 g/mol. The van der Waals surface area contributed by atoms with Gasteiger partial charge in [-0.3, -0.25) is 4.90 Å². The molecule has 21 heavy (non-hydrogen) atoms. The van der Waals surface area contributed by atoms with Gasteiger partial charge in [0.05, 0.1) is 6.10 Å². The summed E-state index contributed by atoms with van der Waals surface area (Å²) in [5.74, 6) is 0. The quantitative estimate of drug-likeness (QED) is 0.894. The van der Waals surface area contributed by atoms with Crippen LogP contribution in [0.3, 0.4) is 0 Å². The zero-order valence-corrected chi connectivity index (χ0v) is 13.0. The summed E-state index contributed by atoms with van der Waals surface area (Å²) in [7, 11) is 0. The molecular formula is C18H28N2O. The van der Waals surface area contributed by atoms with Gasteiger partial charge in [-0.2, -0.15) is 0 Å². The second-order valence-corrected chi connectivity index (χ2v) is 6.87. The zero-order valence-electron chi connectivity index (χ0n) is 13.0. The van der Waals surface area contributed by atoms with Gasteiger partial charge in [0.2, 0.25) is 0 Å². The monoisotopic (exact) mass is 288 g/mol. The Morgan fingerprint density at radius 3 is 2.52 bits per heavy atom. The Labute approximate surface area is 128 Å². The molecule has 0 radical (unpaired) electrons. The van der Waals surface area contributed by atoms with Crippen molar-refractivity contribution in [3.63, 3.8) is 0 Å². The molecule has 0 aromatic heterocycles. The second kappa shape index (κ2) is 6.91. The highest BCUT2D eigenvalue weighted by molar-refractivity contribution is 5.15. The molecule has 2 fully saturated rings. The Hall–Kier alpha value is -0.900. The largest absolute Gasteiger partial charge is 0.393 e. The number of rotatable bonds is 4. The van der Waals surface area contributed by atoms with E-state index >= 15 is 0 Å². The van der Waals surface area contributed by atoms with Crippen LogP contribution in [-0.2, 0) is 6.54 Å². The number of aliphatic hydroxyl groups excluding tert-OH is 1. The van der Waals surface area contributed by atoms with Crippen LogP contribution in [0.4, 0.5) is 0 Å². The van der Waals surface area contributed by atoms with Crippen molar-refractivity contribution in [3.8, 4) is 0 Å². The lowest BCUT2D eigenvalue weighted by Crippen LogP contribution is -2.42. The minimum Gasteiger partial charge on any atom is -0.393 e. The Kier molecular flexibility index (Phi) is 4.94. The summed E-state index contributed by atoms with van der Waals surface area (Å²) in [5.41, 5.74) is 1.41. The average Bonchev–Trinajstić information content (AvgIpc) is 2.82. The van der Waals surface area contributed by atoms with Gasteiger partial charge in [0.25, 0.3) is 0 Å². The lowest BCUT2D eigenvalue weighted by atomic mass is 9.92. The second-order valence-electron chi connectivity index (χ2n) is 6.87. The number of hydrogen-bond acceptors (Lipinski definition) is 3. The fraction of sp³-hybridized carbons (Fsp3) is 0.667. The molecule has 1 saturated carbocycles. The standard InChI is InChI=1S/C18H28N2O/c1-14-11-17(19-16-7-9-18(21)10-8-16)13-20(14)12-15-5-3-2-4-6-15/h2-6,14,16-19,21H,7-13H2,1H3/t14-,16?,17-,18?/m1/s1. The summed E-state index contributed by atoms with van der Waals surface area (Å²) in [6.07, 6.45) is 5.38. The van der Waals surface area contributed by atoms with Gasteiger partial charge in [0.15, 0.2) is 0 Å². The molecule has 2 aliphatic rings. The third kappa shape index (κ3) is 4.06. The maximum Gasteiger partial charge on any atom is 0.0541 e. The van der Waals surface area contributed by atoms with Crippen LogP contribution in [0.5, 0.6) is 0 Å². The molecule has 0 bridgehead atoms. The van der Waals surface area contributed by atoms with E-state index in [4.69, 9.17) is 0 Å². The van der Waals surface area contributed by atoms with Gasteiger partial charge in [-0.15, -0.1) is 0 Å². The SMILES string of the molecule is C[C@@H]1C[C@@H](NC2CCC(O)CC2)CN1Cc1ccccc1. The van der Waals surface area contributed by atoms with Gasteiger partial charge in [0, 0.05) is 31.2 Å². The van der Waals surface area contributed by atoms with Crippen LogP contribution in [0.1, 0.15) is 44.6 Å². The van der Waals surface area contributed by atoms with E-state index in [0.717, 1.165) is 38.8 Å². The number of aliphatic hydroxyl groups is 1. The van der Waals surface area contributed by atoms with Gasteiger partial charge >= 0.3 is 0 Å². The Balaban J connectivity index is 1.49. The first-order valence-electron chi connectivity index (χ1n) is 8.43. The molecule has 116 valence electrons. The summed E-state index contributed by atoms with van der Waals surface area (Å²) < 4.78 is 0. The molecule has 2 atom stereocenters. The molecule has 1 aliphatic heterocycles. The molecule has 0 unspecified atom stereocenters. The predicted molar refractivity (Wildman–Crippen MR) is 86.1 cm³/mol. The van der Waals surface area contributed by atoms with Crippen molar-refractivity contribution in [1.82, 2.24) is 10.2 Å². The first-order valence-corrected chi connectivity index (χ1v) is 8.43. The topological polar surface area (TPSA) is 35.5 Å². The molecule has 3 heteroatoms. The lowest BCUT2D eigenvalue weighted by molar-refractivity contribution is 0.114. The minimum atomic E-state index is -0.0554. The summed E-state index contributed by atoms with van der Waals surface area (Å²) in [6, 6.07) is 12.6. The maximum atomic E-state index is 9.60. The van der Waals surface area contributed by atoms with E-state index in [1.165, 1.54) is 12.0 Å². The Bertz CT molecular complexity index is 428. The number of nitrogens with one attached hydrogen (secondary N) is 1. The van der Waals surface area contributed by atoms with Crippen LogP contribution < -0.4 is 5.32 Å². The fourth-order valence-electron chi connectivity index (χ4n) is 3.83. The van der Waals surface area contributed by atoms with Crippen LogP contribution >= 0.6 is 0 Å². The highest BCUT2D eigenvalue weighted by atomic mass is 16.3. The van der Waals surface area contributed by atoms with E-state index in [1.54, 1.807) is 0 Å². The van der Waals surface area contributed by atoms with Crippen molar-refractivity contribution in [2.45, 2.75) is 69.8 Å². The summed E-state index contributed by atoms with van der Waals surface area (Å²) in [4.78, 5) is 2.59. The Morgan fingerprint density at radius 2 is 1.81 bits per heavy atom. The molecule has 1 aliphatic carbocycles. The molecule has 2 N–H and O–H groups in total. The number of benzene rings is 1. The van der Waals surface area contributed by atoms with Gasteiger partial charge in [-0.05, 0) is 44.6 Å². The number of hydrogen-bond donors (Lipinski definition) is 2. The van der Waals surface area contributed by atoms with Crippen LogP contribution in [0.25, 0.3) is 0 Å². The minimum absolute atomic E-state index is 0.0554. The third-order valence-corrected chi connectivity index (χ3v) is 5.10. The normalized spacial score (nSPS) is 34.2. The molecule has 1 aromatic carbocycles. The highest BCUT2D eigenvalue weighted by Crippen LogP contribution is 2.24. The van der Waals surface area contributed by atoms with Crippen molar-refractivity contribution in [2.24, 2.45) is 0 Å². The van der Waals surface area contributed by atoms with E-state index in [-0.39, 0.29) is 6.10 Å². The summed E-state index contributed by atoms with van der Waals surface area (Å²) in [6.45, 7) is 4.55. The van der Waals surface area contributed by atoms with Gasteiger partial charge < -0.3 is 10.4 Å². The van der Waals surface area contributed by atoms with E-state index in [0.29, 0.717) is 18.1 Å². The smallest absolute Gasteiger partial charge is 0.0541 e. The van der Waals surface area contributed by atoms with Crippen molar-refractivity contribution in [3.05, 3.63) is 35.9 Å². The van der Waals surface area contributed by atoms with Crippen molar-refractivity contribution in [2.75, 3.05) is 6.54 Å². The number of nitrogens with zero attached hydrogens (tertiary/aromatic N) is 1. The van der Waals surface area contributed by atoms with Crippen LogP contribution in [0.2, 0.25) is 0 Å². The van der Waals surface area contributed by atoms with Crippen molar-refractivity contribution >= 4 is 0 Å². The van der Waals surface area contributed by atoms with Gasteiger partial charge in [-0.25, -0.2) is 0 Å². The third-order valence-electron chi connectivity index (χ3n) is 5.10. The van der Waals surface area contributed by atoms with Crippen molar-refractivity contribution < 1.29 is 5.11 Å². The van der Waals surface area contributed by atoms with Crippen molar-refractivity contribution in [1.29, 1.82) is 0 Å². The van der Waals surface area contributed by atoms with Crippen LogP contribution in [0.15, 0.2) is 30.3 Å². The first kappa shape index (κ1) is 15.0. The first-order chi connectivity index (χ1) is 10.2. The predicted octanol–water partition coefficient (Wildman–Crippen LogP) is 2.54. The van der Waals surface area contributed by atoms with E-state index in [9.17, 15) is 5.11 Å². The van der Waals surface area contributed by atoms with E-state index in [2.05, 4.69) is 47.5 Å². The summed E-state index contributed by atoms with van der Waals surface area (Å²) >= 11 is 0. The van der Waals surface area contributed by atoms with Gasteiger partial charge in [-0.1, -0.05) is 30.3 Å². The molecule has 1 heterocycles. The molecule has 1 saturated heterocycles. The maximum absolute atomic E-state index is 9.60. The molecule has 3 rings (SSSR count). The van der Waals surface area contributed by atoms with Crippen LogP contribution in [-0.4, -0.2) is 40.8 Å². The zero-order chi connectivity index (χ0) is 14.7.